The van der Waals surface area contributed by atoms with Gasteiger partial charge in [0.15, 0.2) is 0 Å². The Bertz CT molecular complexity index is 316. The molecule has 0 saturated carbocycles. The van der Waals surface area contributed by atoms with Crippen LogP contribution >= 0.6 is 7.82 Å². The molecular formula is C8H13O7P. The highest BCUT2D eigenvalue weighted by molar-refractivity contribution is 7.46. The fraction of sp³-hybridized carbons (Fsp3) is 0.500. The van der Waals surface area contributed by atoms with Crippen molar-refractivity contribution < 1.29 is 33.2 Å². The number of hydrogen-bond acceptors (Lipinski definition) is 5. The van der Waals surface area contributed by atoms with Crippen molar-refractivity contribution in [1.29, 1.82) is 0 Å². The molecule has 92 valence electrons. The summed E-state index contributed by atoms with van der Waals surface area (Å²) < 4.78 is 18.6. The summed E-state index contributed by atoms with van der Waals surface area (Å²) in [7, 11) is -4.77. The molecule has 0 radical (unpaired) electrons. The van der Waals surface area contributed by atoms with E-state index in [0.717, 1.165) is 0 Å². The van der Waals surface area contributed by atoms with Crippen molar-refractivity contribution in [3.63, 3.8) is 0 Å². The molecule has 0 aliphatic rings. The van der Waals surface area contributed by atoms with Gasteiger partial charge in [0.2, 0.25) is 0 Å². The van der Waals surface area contributed by atoms with Gasteiger partial charge in [0.25, 0.3) is 0 Å². The first-order chi connectivity index (χ1) is 7.35. The van der Waals surface area contributed by atoms with Crippen LogP contribution < -0.4 is 0 Å². The van der Waals surface area contributed by atoms with E-state index in [1.807, 2.05) is 0 Å². The van der Waals surface area contributed by atoms with E-state index in [4.69, 9.17) is 9.79 Å². The topological polar surface area (TPSA) is 110 Å². The van der Waals surface area contributed by atoms with Crippen LogP contribution in [0.25, 0.3) is 0 Å². The number of allylic oxidation sites excluding steroid dienone is 1. The van der Waals surface area contributed by atoms with E-state index < -0.39 is 19.8 Å². The average Bonchev–Trinajstić information content (AvgIpc) is 2.10. The molecule has 7 nitrogen and oxygen atoms in total. The molecule has 0 saturated heterocycles. The van der Waals surface area contributed by atoms with E-state index in [-0.39, 0.29) is 19.4 Å². The monoisotopic (exact) mass is 252 g/mol. The summed E-state index contributed by atoms with van der Waals surface area (Å²) in [5.41, 5.74) is 0. The van der Waals surface area contributed by atoms with Crippen molar-refractivity contribution in [3.05, 3.63) is 12.2 Å². The molecule has 0 bridgehead atoms. The first-order valence-corrected chi connectivity index (χ1v) is 5.95. The zero-order valence-corrected chi connectivity index (χ0v) is 9.55. The van der Waals surface area contributed by atoms with E-state index in [2.05, 4.69) is 9.26 Å². The van der Waals surface area contributed by atoms with Gasteiger partial charge >= 0.3 is 19.8 Å². The first kappa shape index (κ1) is 14.8. The standard InChI is InChI=1S/C8H13O7P/c1-2-4-7(9)14-6-3-5-8(10)15-16(11,12)13/h2,4H,3,5-6H2,1H3,(H2,11,12,13). The zero-order chi connectivity index (χ0) is 12.6. The van der Waals surface area contributed by atoms with Gasteiger partial charge in [0, 0.05) is 12.5 Å². The fourth-order valence-electron chi connectivity index (χ4n) is 0.752. The maximum atomic E-state index is 10.8. The van der Waals surface area contributed by atoms with Crippen molar-refractivity contribution >= 4 is 19.8 Å². The summed E-state index contributed by atoms with van der Waals surface area (Å²) in [6, 6.07) is 0. The lowest BCUT2D eigenvalue weighted by Crippen LogP contribution is -2.07. The van der Waals surface area contributed by atoms with Crippen LogP contribution in [0.5, 0.6) is 0 Å². The molecule has 0 fully saturated rings. The third-order valence-corrected chi connectivity index (χ3v) is 1.73. The number of phosphoric ester groups is 1. The number of carbonyl (C=O) groups is 2. The Labute approximate surface area is 92.3 Å². The van der Waals surface area contributed by atoms with Crippen LogP contribution in [-0.2, 0) is 23.4 Å². The highest BCUT2D eigenvalue weighted by atomic mass is 31.2. The first-order valence-electron chi connectivity index (χ1n) is 4.42. The van der Waals surface area contributed by atoms with Gasteiger partial charge < -0.3 is 9.26 Å². The molecule has 0 amide bonds. The summed E-state index contributed by atoms with van der Waals surface area (Å²) in [5.74, 6) is -1.57. The predicted molar refractivity (Wildman–Crippen MR) is 53.1 cm³/mol. The lowest BCUT2D eigenvalue weighted by molar-refractivity contribution is -0.140. The highest BCUT2D eigenvalue weighted by Gasteiger charge is 2.19. The molecule has 0 aliphatic heterocycles. The third kappa shape index (κ3) is 9.39. The quantitative estimate of drug-likeness (QED) is 0.307. The van der Waals surface area contributed by atoms with E-state index in [1.54, 1.807) is 6.92 Å². The Morgan fingerprint density at radius 2 is 2.00 bits per heavy atom. The van der Waals surface area contributed by atoms with Gasteiger partial charge in [-0.05, 0) is 13.3 Å². The van der Waals surface area contributed by atoms with Crippen molar-refractivity contribution in [2.45, 2.75) is 19.8 Å². The van der Waals surface area contributed by atoms with Crippen LogP contribution in [0.4, 0.5) is 0 Å². The largest absolute Gasteiger partial charge is 0.526 e. The Hall–Kier alpha value is -1.17. The van der Waals surface area contributed by atoms with Crippen molar-refractivity contribution in [2.24, 2.45) is 0 Å². The number of rotatable bonds is 6. The normalized spacial score (nSPS) is 11.4. The second-order valence-corrected chi connectivity index (χ2v) is 3.89. The molecule has 0 unspecified atom stereocenters. The number of ether oxygens (including phenoxy) is 1. The Morgan fingerprint density at radius 3 is 2.50 bits per heavy atom. The second kappa shape index (κ2) is 7.16. The molecule has 0 aliphatic carbocycles. The van der Waals surface area contributed by atoms with Crippen LogP contribution in [0.1, 0.15) is 19.8 Å². The molecule has 0 heterocycles. The van der Waals surface area contributed by atoms with Crippen LogP contribution in [-0.4, -0.2) is 28.3 Å². The van der Waals surface area contributed by atoms with Gasteiger partial charge in [0.1, 0.15) is 0 Å². The zero-order valence-electron chi connectivity index (χ0n) is 8.66. The summed E-state index contributed by atoms with van der Waals surface area (Å²) in [5, 5.41) is 0. The second-order valence-electron chi connectivity index (χ2n) is 2.72. The molecule has 0 aromatic rings. The van der Waals surface area contributed by atoms with Gasteiger partial charge in [-0.1, -0.05) is 6.08 Å². The molecular weight excluding hydrogens is 239 g/mol. The van der Waals surface area contributed by atoms with Gasteiger partial charge in [-0.3, -0.25) is 14.6 Å². The minimum atomic E-state index is -4.77. The molecule has 0 atom stereocenters. The van der Waals surface area contributed by atoms with Gasteiger partial charge in [-0.2, -0.15) is 0 Å². The molecule has 0 spiro atoms. The molecule has 0 aromatic carbocycles. The maximum absolute atomic E-state index is 10.8. The van der Waals surface area contributed by atoms with Crippen molar-refractivity contribution in [3.8, 4) is 0 Å². The van der Waals surface area contributed by atoms with Crippen LogP contribution in [0, 0.1) is 0 Å². The van der Waals surface area contributed by atoms with Crippen LogP contribution in [0.15, 0.2) is 12.2 Å². The fourth-order valence-corrected chi connectivity index (χ4v) is 1.11. The minimum absolute atomic E-state index is 0.0145. The molecule has 16 heavy (non-hydrogen) atoms. The summed E-state index contributed by atoms with van der Waals surface area (Å²) in [4.78, 5) is 38.1. The van der Waals surface area contributed by atoms with E-state index in [0.29, 0.717) is 0 Å². The SMILES string of the molecule is CC=CC(=O)OCCCC(=O)OP(=O)(O)O. The maximum Gasteiger partial charge on any atom is 0.526 e. The Balaban J connectivity index is 3.64. The highest BCUT2D eigenvalue weighted by Crippen LogP contribution is 2.36. The third-order valence-electron chi connectivity index (χ3n) is 1.29. The summed E-state index contributed by atoms with van der Waals surface area (Å²) in [6.07, 6.45) is 2.63. The van der Waals surface area contributed by atoms with Crippen LogP contribution in [0.2, 0.25) is 0 Å². The van der Waals surface area contributed by atoms with Gasteiger partial charge in [-0.25, -0.2) is 9.36 Å². The smallest absolute Gasteiger partial charge is 0.463 e. The lowest BCUT2D eigenvalue weighted by atomic mass is 10.3. The molecule has 0 aromatic heterocycles. The molecule has 0 rings (SSSR count). The molecule has 2 N–H and O–H groups in total. The summed E-state index contributed by atoms with van der Waals surface area (Å²) in [6.45, 7) is 1.64. The van der Waals surface area contributed by atoms with E-state index in [1.165, 1.54) is 12.2 Å². The summed E-state index contributed by atoms with van der Waals surface area (Å²) >= 11 is 0. The number of esters is 1. The van der Waals surface area contributed by atoms with Gasteiger partial charge in [-0.15, -0.1) is 0 Å². The number of phosphoric acid groups is 1. The van der Waals surface area contributed by atoms with Crippen LogP contribution in [0.3, 0.4) is 0 Å². The van der Waals surface area contributed by atoms with Gasteiger partial charge in [0.05, 0.1) is 6.61 Å². The lowest BCUT2D eigenvalue weighted by Gasteiger charge is -2.04. The number of hydrogen-bond donors (Lipinski definition) is 2. The van der Waals surface area contributed by atoms with E-state index in [9.17, 15) is 14.2 Å². The Morgan fingerprint density at radius 1 is 1.38 bits per heavy atom. The average molecular weight is 252 g/mol. The number of carbonyl (C=O) groups excluding carboxylic acids is 2. The Kier molecular flexibility index (Phi) is 6.64. The van der Waals surface area contributed by atoms with E-state index >= 15 is 0 Å². The van der Waals surface area contributed by atoms with Crippen molar-refractivity contribution in [1.82, 2.24) is 0 Å². The minimum Gasteiger partial charge on any atom is -0.463 e. The molecule has 8 heteroatoms. The predicted octanol–water partition coefficient (Wildman–Crippen LogP) is 0.522. The van der Waals surface area contributed by atoms with Crippen molar-refractivity contribution in [2.75, 3.05) is 6.61 Å².